The van der Waals surface area contributed by atoms with Crippen molar-refractivity contribution < 1.29 is 0 Å². The van der Waals surface area contributed by atoms with Gasteiger partial charge in [-0.3, -0.25) is 0 Å². The monoisotopic (exact) mass is 166 g/mol. The minimum Gasteiger partial charge on any atom is -0.103 e. The van der Waals surface area contributed by atoms with Crippen LogP contribution < -0.4 is 0 Å². The summed E-state index contributed by atoms with van der Waals surface area (Å²) in [5.74, 6) is 0. The van der Waals surface area contributed by atoms with Crippen molar-refractivity contribution in [2.24, 2.45) is 5.41 Å². The second-order valence-corrected chi connectivity index (χ2v) is 3.69. The van der Waals surface area contributed by atoms with Crippen molar-refractivity contribution in [1.29, 1.82) is 0 Å². The maximum Gasteiger partial charge on any atom is -0.0115 e. The molecule has 0 aliphatic carbocycles. The Morgan fingerprint density at radius 1 is 1.25 bits per heavy atom. The van der Waals surface area contributed by atoms with E-state index in [4.69, 9.17) is 0 Å². The molecule has 0 aromatic carbocycles. The first kappa shape index (κ1) is 11.5. The number of rotatable bonds is 6. The average molecular weight is 166 g/mol. The van der Waals surface area contributed by atoms with Gasteiger partial charge >= 0.3 is 0 Å². The predicted molar refractivity (Wildman–Crippen MR) is 57.3 cm³/mol. The van der Waals surface area contributed by atoms with Gasteiger partial charge in [0.2, 0.25) is 0 Å². The van der Waals surface area contributed by atoms with Gasteiger partial charge in [0.25, 0.3) is 0 Å². The third-order valence-corrected chi connectivity index (χ3v) is 2.30. The van der Waals surface area contributed by atoms with Crippen molar-refractivity contribution in [3.05, 3.63) is 24.8 Å². The summed E-state index contributed by atoms with van der Waals surface area (Å²) < 4.78 is 0. The molecule has 0 heteroatoms. The van der Waals surface area contributed by atoms with Gasteiger partial charge in [0, 0.05) is 0 Å². The highest BCUT2D eigenvalue weighted by molar-refractivity contribution is 4.97. The van der Waals surface area contributed by atoms with Crippen molar-refractivity contribution in [3.63, 3.8) is 0 Å². The molecule has 0 aliphatic heterocycles. The molecule has 1 atom stereocenters. The van der Waals surface area contributed by atoms with Crippen LogP contribution in [0.15, 0.2) is 24.8 Å². The number of hydrogen-bond donors (Lipinski definition) is 0. The van der Waals surface area contributed by atoms with Gasteiger partial charge in [0.05, 0.1) is 0 Å². The highest BCUT2D eigenvalue weighted by atomic mass is 14.2. The highest BCUT2D eigenvalue weighted by Gasteiger charge is 2.16. The molecule has 0 unspecified atom stereocenters. The minimum absolute atomic E-state index is 0.320. The second kappa shape index (κ2) is 6.05. The van der Waals surface area contributed by atoms with Crippen LogP contribution in [0.25, 0.3) is 0 Å². The fourth-order valence-corrected chi connectivity index (χ4v) is 1.38. The number of allylic oxidation sites excluding steroid dienone is 3. The molecule has 0 bridgehead atoms. The fourth-order valence-electron chi connectivity index (χ4n) is 1.38. The van der Waals surface area contributed by atoms with Gasteiger partial charge in [-0.1, -0.05) is 45.4 Å². The summed E-state index contributed by atoms with van der Waals surface area (Å²) in [5.41, 5.74) is 0.320. The van der Waals surface area contributed by atoms with Gasteiger partial charge in [-0.15, -0.1) is 6.58 Å². The van der Waals surface area contributed by atoms with E-state index in [1.165, 1.54) is 12.8 Å². The summed E-state index contributed by atoms with van der Waals surface area (Å²) in [7, 11) is 0. The highest BCUT2D eigenvalue weighted by Crippen LogP contribution is 2.29. The molecule has 70 valence electrons. The van der Waals surface area contributed by atoms with Crippen LogP contribution in [0.1, 0.15) is 46.5 Å². The fraction of sp³-hybridized carbons (Fsp3) is 0.667. The maximum absolute atomic E-state index is 3.90. The average Bonchev–Trinajstić information content (AvgIpc) is 2.06. The topological polar surface area (TPSA) is 0 Å². The SMILES string of the molecule is C=C[C@](C)(C/C=C/CC)CCC. The molecular formula is C12H22. The lowest BCUT2D eigenvalue weighted by atomic mass is 9.82. The molecule has 0 N–H and O–H groups in total. The maximum atomic E-state index is 3.90. The van der Waals surface area contributed by atoms with Crippen molar-refractivity contribution in [2.45, 2.75) is 46.5 Å². The van der Waals surface area contributed by atoms with E-state index in [1.54, 1.807) is 0 Å². The van der Waals surface area contributed by atoms with Crippen LogP contribution in [0.4, 0.5) is 0 Å². The first-order valence-corrected chi connectivity index (χ1v) is 4.97. The van der Waals surface area contributed by atoms with Crippen LogP contribution in [0.2, 0.25) is 0 Å². The summed E-state index contributed by atoms with van der Waals surface area (Å²) in [4.78, 5) is 0. The molecule has 0 radical (unpaired) electrons. The van der Waals surface area contributed by atoms with Crippen LogP contribution in [0.5, 0.6) is 0 Å². The summed E-state index contributed by atoms with van der Waals surface area (Å²) in [6.45, 7) is 10.6. The molecule has 0 heterocycles. The molecule has 0 saturated carbocycles. The van der Waals surface area contributed by atoms with Crippen LogP contribution in [-0.4, -0.2) is 0 Å². The smallest absolute Gasteiger partial charge is 0.0115 e. The van der Waals surface area contributed by atoms with Crippen LogP contribution in [0, 0.1) is 5.41 Å². The molecule has 0 amide bonds. The van der Waals surface area contributed by atoms with E-state index in [0.29, 0.717) is 5.41 Å². The first-order valence-electron chi connectivity index (χ1n) is 4.97. The Balaban J connectivity index is 3.95. The Labute approximate surface area is 77.4 Å². The van der Waals surface area contributed by atoms with E-state index in [1.807, 2.05) is 0 Å². The first-order chi connectivity index (χ1) is 5.68. The minimum atomic E-state index is 0.320. The molecule has 0 saturated heterocycles. The Hall–Kier alpha value is -0.520. The summed E-state index contributed by atoms with van der Waals surface area (Å²) in [6.07, 6.45) is 11.4. The van der Waals surface area contributed by atoms with Gasteiger partial charge in [-0.2, -0.15) is 0 Å². The largest absolute Gasteiger partial charge is 0.103 e. The lowest BCUT2D eigenvalue weighted by Gasteiger charge is -2.23. The van der Waals surface area contributed by atoms with Gasteiger partial charge in [-0.05, 0) is 24.7 Å². The van der Waals surface area contributed by atoms with Gasteiger partial charge in [-0.25, -0.2) is 0 Å². The van der Waals surface area contributed by atoms with E-state index in [9.17, 15) is 0 Å². The lowest BCUT2D eigenvalue weighted by molar-refractivity contribution is 0.392. The van der Waals surface area contributed by atoms with Gasteiger partial charge in [0.15, 0.2) is 0 Å². The van der Waals surface area contributed by atoms with E-state index in [-0.39, 0.29) is 0 Å². The summed E-state index contributed by atoms with van der Waals surface area (Å²) in [5, 5.41) is 0. The quantitative estimate of drug-likeness (QED) is 0.515. The predicted octanol–water partition coefficient (Wildman–Crippen LogP) is 4.34. The normalized spacial score (nSPS) is 16.2. The molecular weight excluding hydrogens is 144 g/mol. The van der Waals surface area contributed by atoms with Crippen molar-refractivity contribution >= 4 is 0 Å². The summed E-state index contributed by atoms with van der Waals surface area (Å²) >= 11 is 0. The molecule has 0 fully saturated rings. The standard InChI is InChI=1S/C12H22/c1-5-8-9-11-12(4,7-3)10-6-2/h7-9H,3,5-6,10-11H2,1-2,4H3/b9-8+/t12-/m0/s1. The molecule has 0 aromatic rings. The van der Waals surface area contributed by atoms with Gasteiger partial charge < -0.3 is 0 Å². The zero-order valence-electron chi connectivity index (χ0n) is 8.77. The lowest BCUT2D eigenvalue weighted by Crippen LogP contribution is -2.10. The molecule has 0 aliphatic rings. The number of hydrogen-bond acceptors (Lipinski definition) is 0. The van der Waals surface area contributed by atoms with Crippen molar-refractivity contribution in [1.82, 2.24) is 0 Å². The Kier molecular flexibility index (Phi) is 5.79. The van der Waals surface area contributed by atoms with Crippen molar-refractivity contribution in [3.8, 4) is 0 Å². The Bertz CT molecular complexity index is 144. The zero-order chi connectivity index (χ0) is 9.45. The Morgan fingerprint density at radius 3 is 2.33 bits per heavy atom. The van der Waals surface area contributed by atoms with Crippen LogP contribution in [0.3, 0.4) is 0 Å². The van der Waals surface area contributed by atoms with Crippen molar-refractivity contribution in [2.75, 3.05) is 0 Å². The van der Waals surface area contributed by atoms with E-state index in [2.05, 4.69) is 45.6 Å². The van der Waals surface area contributed by atoms with Crippen LogP contribution in [-0.2, 0) is 0 Å². The summed E-state index contributed by atoms with van der Waals surface area (Å²) in [6, 6.07) is 0. The van der Waals surface area contributed by atoms with E-state index >= 15 is 0 Å². The molecule has 0 aromatic heterocycles. The third-order valence-electron chi connectivity index (χ3n) is 2.30. The Morgan fingerprint density at radius 2 is 1.92 bits per heavy atom. The van der Waals surface area contributed by atoms with E-state index in [0.717, 1.165) is 12.8 Å². The molecule has 0 nitrogen and oxygen atoms in total. The second-order valence-electron chi connectivity index (χ2n) is 3.69. The van der Waals surface area contributed by atoms with E-state index < -0.39 is 0 Å². The molecule has 0 rings (SSSR count). The molecule has 0 spiro atoms. The third kappa shape index (κ3) is 4.38. The zero-order valence-corrected chi connectivity index (χ0v) is 8.77. The van der Waals surface area contributed by atoms with Gasteiger partial charge in [0.1, 0.15) is 0 Å². The molecule has 12 heavy (non-hydrogen) atoms. The van der Waals surface area contributed by atoms with Crippen LogP contribution >= 0.6 is 0 Å².